The second-order valence-corrected chi connectivity index (χ2v) is 8.93. The molecule has 0 fully saturated rings. The first-order valence-corrected chi connectivity index (χ1v) is 11.8. The van der Waals surface area contributed by atoms with E-state index < -0.39 is 16.0 Å². The molecule has 0 aromatic carbocycles. The highest BCUT2D eigenvalue weighted by molar-refractivity contribution is 7.80. The lowest BCUT2D eigenvalue weighted by molar-refractivity contribution is 0.0856. The van der Waals surface area contributed by atoms with E-state index in [-0.39, 0.29) is 6.15 Å². The standard InChI is InChI=1S/C20H42O4S.H3N/c1-4-5-6-7-8-9-10-11-12-13-14-15-16-17-18-19-20(2,3)24-25(21,22)23;/h4-19H2,1-3H3,(H,21,22,23);1H3. The van der Waals surface area contributed by atoms with Crippen molar-refractivity contribution in [2.24, 2.45) is 0 Å². The fourth-order valence-corrected chi connectivity index (χ4v) is 3.88. The number of unbranched alkanes of at least 4 members (excludes halogenated alkanes) is 14. The molecule has 0 aliphatic carbocycles. The van der Waals surface area contributed by atoms with Gasteiger partial charge in [-0.1, -0.05) is 103 Å². The summed E-state index contributed by atoms with van der Waals surface area (Å²) in [6.45, 7) is 5.58. The molecule has 26 heavy (non-hydrogen) atoms. The fraction of sp³-hybridized carbons (Fsp3) is 1.00. The quantitative estimate of drug-likeness (QED) is 0.155. The normalized spacial score (nSPS) is 12.2. The average molecular weight is 396 g/mol. The summed E-state index contributed by atoms with van der Waals surface area (Å²) in [5.41, 5.74) is -0.878. The van der Waals surface area contributed by atoms with Gasteiger partial charge < -0.3 is 10.7 Å². The molecule has 0 rings (SSSR count). The van der Waals surface area contributed by atoms with Crippen molar-refractivity contribution in [2.45, 2.75) is 129 Å². The highest BCUT2D eigenvalue weighted by Crippen LogP contribution is 2.21. The van der Waals surface area contributed by atoms with Crippen LogP contribution in [-0.4, -0.2) is 18.6 Å². The highest BCUT2D eigenvalue weighted by Gasteiger charge is 2.21. The highest BCUT2D eigenvalue weighted by atomic mass is 32.3. The number of rotatable bonds is 18. The van der Waals surface area contributed by atoms with Crippen LogP contribution < -0.4 is 6.15 Å². The van der Waals surface area contributed by atoms with Crippen LogP contribution in [0.15, 0.2) is 0 Å². The Morgan fingerprint density at radius 1 is 0.692 bits per heavy atom. The first kappa shape index (κ1) is 28.0. The van der Waals surface area contributed by atoms with Crippen LogP contribution in [0.1, 0.15) is 124 Å². The average Bonchev–Trinajstić information content (AvgIpc) is 2.48. The first-order chi connectivity index (χ1) is 11.8. The van der Waals surface area contributed by atoms with Crippen molar-refractivity contribution in [1.29, 1.82) is 0 Å². The van der Waals surface area contributed by atoms with Crippen LogP contribution >= 0.6 is 0 Å². The first-order valence-electron chi connectivity index (χ1n) is 10.4. The van der Waals surface area contributed by atoms with Crippen molar-refractivity contribution in [3.63, 3.8) is 0 Å². The third-order valence-electron chi connectivity index (χ3n) is 4.71. The van der Waals surface area contributed by atoms with Gasteiger partial charge in [-0.25, -0.2) is 8.42 Å². The van der Waals surface area contributed by atoms with Crippen LogP contribution in [0.3, 0.4) is 0 Å². The Balaban J connectivity index is 0. The molecule has 160 valence electrons. The monoisotopic (exact) mass is 395 g/mol. The van der Waals surface area contributed by atoms with Crippen molar-refractivity contribution in [2.75, 3.05) is 0 Å². The van der Waals surface area contributed by atoms with Crippen LogP contribution in [0.25, 0.3) is 0 Å². The topological polar surface area (TPSA) is 103 Å². The van der Waals surface area contributed by atoms with E-state index in [0.717, 1.165) is 12.8 Å². The van der Waals surface area contributed by atoms with Crippen LogP contribution in [-0.2, 0) is 14.6 Å². The Hall–Kier alpha value is -0.170. The van der Waals surface area contributed by atoms with E-state index in [0.29, 0.717) is 6.42 Å². The molecule has 0 spiro atoms. The summed E-state index contributed by atoms with van der Waals surface area (Å²) in [7, 11) is -4.60. The Labute approximate surface area is 163 Å². The number of quaternary nitrogens is 1. The lowest BCUT2D eigenvalue weighted by Crippen LogP contribution is -2.27. The predicted molar refractivity (Wildman–Crippen MR) is 110 cm³/mol. The zero-order valence-corrected chi connectivity index (χ0v) is 18.7. The molecule has 5 nitrogen and oxygen atoms in total. The van der Waals surface area contributed by atoms with Gasteiger partial charge in [-0.05, 0) is 20.3 Å². The van der Waals surface area contributed by atoms with Crippen molar-refractivity contribution < 1.29 is 17.2 Å². The van der Waals surface area contributed by atoms with Gasteiger partial charge in [0.15, 0.2) is 0 Å². The van der Waals surface area contributed by atoms with E-state index >= 15 is 0 Å². The summed E-state index contributed by atoms with van der Waals surface area (Å²) in [5.74, 6) is 0. The second-order valence-electron chi connectivity index (χ2n) is 7.95. The van der Waals surface area contributed by atoms with Crippen LogP contribution in [0.2, 0.25) is 0 Å². The van der Waals surface area contributed by atoms with Gasteiger partial charge >= 0.3 is 0 Å². The SMILES string of the molecule is CCCCCCCCCCCCCCCCCC(C)(C)OS(=O)(=O)[O-].[NH4+]. The lowest BCUT2D eigenvalue weighted by atomic mass is 9.99. The Kier molecular flexibility index (Phi) is 18.3. The molecule has 0 radical (unpaired) electrons. The smallest absolute Gasteiger partial charge is 0.218 e. The molecular weight excluding hydrogens is 350 g/mol. The van der Waals surface area contributed by atoms with Gasteiger partial charge in [-0.3, -0.25) is 4.18 Å². The van der Waals surface area contributed by atoms with Crippen LogP contribution in [0, 0.1) is 0 Å². The molecule has 0 amide bonds. The van der Waals surface area contributed by atoms with Crippen molar-refractivity contribution >= 4 is 10.4 Å². The maximum absolute atomic E-state index is 10.6. The molecule has 0 heterocycles. The van der Waals surface area contributed by atoms with Crippen LogP contribution in [0.5, 0.6) is 0 Å². The minimum Gasteiger partial charge on any atom is -0.726 e. The van der Waals surface area contributed by atoms with Crippen molar-refractivity contribution in [3.8, 4) is 0 Å². The molecule has 0 aromatic rings. The zero-order chi connectivity index (χ0) is 19.0. The molecule has 0 aliphatic heterocycles. The third-order valence-corrected chi connectivity index (χ3v) is 5.37. The van der Waals surface area contributed by atoms with Gasteiger partial charge in [0, 0.05) is 0 Å². The minimum atomic E-state index is -4.60. The molecule has 0 saturated carbocycles. The molecule has 0 aromatic heterocycles. The van der Waals surface area contributed by atoms with E-state index in [4.69, 9.17) is 0 Å². The van der Waals surface area contributed by atoms with E-state index in [2.05, 4.69) is 11.1 Å². The minimum absolute atomic E-state index is 0. The van der Waals surface area contributed by atoms with Gasteiger partial charge in [0.05, 0.1) is 5.60 Å². The van der Waals surface area contributed by atoms with Crippen molar-refractivity contribution in [1.82, 2.24) is 6.15 Å². The summed E-state index contributed by atoms with van der Waals surface area (Å²) in [4.78, 5) is 0. The molecule has 0 atom stereocenters. The number of hydrogen-bond donors (Lipinski definition) is 1. The van der Waals surface area contributed by atoms with Crippen LogP contribution in [0.4, 0.5) is 0 Å². The summed E-state index contributed by atoms with van der Waals surface area (Å²) in [6.07, 6.45) is 20.1. The van der Waals surface area contributed by atoms with Gasteiger partial charge in [-0.2, -0.15) is 0 Å². The molecule has 0 aliphatic rings. The largest absolute Gasteiger partial charge is 0.726 e. The Morgan fingerprint density at radius 3 is 1.31 bits per heavy atom. The molecular formula is C20H45NO4S. The zero-order valence-electron chi connectivity index (χ0n) is 17.9. The molecule has 0 bridgehead atoms. The van der Waals surface area contributed by atoms with E-state index in [1.54, 1.807) is 13.8 Å². The Morgan fingerprint density at radius 2 is 1.00 bits per heavy atom. The fourth-order valence-electron chi connectivity index (χ4n) is 3.24. The van der Waals surface area contributed by atoms with E-state index in [9.17, 15) is 13.0 Å². The van der Waals surface area contributed by atoms with E-state index in [1.807, 2.05) is 0 Å². The van der Waals surface area contributed by atoms with Gasteiger partial charge in [-0.15, -0.1) is 0 Å². The summed E-state index contributed by atoms with van der Waals surface area (Å²) in [6, 6.07) is 0. The predicted octanol–water partition coefficient (Wildman–Crippen LogP) is 6.88. The maximum atomic E-state index is 10.6. The molecule has 4 N–H and O–H groups in total. The third kappa shape index (κ3) is 21.9. The maximum Gasteiger partial charge on any atom is 0.218 e. The molecule has 6 heteroatoms. The lowest BCUT2D eigenvalue weighted by Gasteiger charge is -2.26. The summed E-state index contributed by atoms with van der Waals surface area (Å²) < 4.78 is 36.4. The van der Waals surface area contributed by atoms with Gasteiger partial charge in [0.1, 0.15) is 0 Å². The van der Waals surface area contributed by atoms with Gasteiger partial charge in [0.25, 0.3) is 0 Å². The van der Waals surface area contributed by atoms with Gasteiger partial charge in [0.2, 0.25) is 10.4 Å². The summed E-state index contributed by atoms with van der Waals surface area (Å²) >= 11 is 0. The molecule has 0 saturated heterocycles. The Bertz CT molecular complexity index is 397. The van der Waals surface area contributed by atoms with E-state index in [1.165, 1.54) is 83.5 Å². The molecule has 0 unspecified atom stereocenters. The second kappa shape index (κ2) is 17.0. The van der Waals surface area contributed by atoms with Crippen molar-refractivity contribution in [3.05, 3.63) is 0 Å². The number of hydrogen-bond acceptors (Lipinski definition) is 4. The summed E-state index contributed by atoms with van der Waals surface area (Å²) in [5, 5.41) is 0.